The van der Waals surface area contributed by atoms with E-state index < -0.39 is 5.97 Å². The highest BCUT2D eigenvalue weighted by molar-refractivity contribution is 9.10. The Morgan fingerprint density at radius 2 is 1.71 bits per heavy atom. The maximum Gasteiger partial charge on any atom is 0.337 e. The molecule has 4 nitrogen and oxygen atoms in total. The van der Waals surface area contributed by atoms with Crippen LogP contribution in [0.1, 0.15) is 33.5 Å². The molecule has 0 bridgehead atoms. The maximum absolute atomic E-state index is 11.4. The summed E-state index contributed by atoms with van der Waals surface area (Å²) in [5, 5.41) is 12.5. The number of aromatic carboxylic acids is 1. The summed E-state index contributed by atoms with van der Waals surface area (Å²) in [6.45, 7) is 7.17. The number of halogens is 1. The summed E-state index contributed by atoms with van der Waals surface area (Å²) in [6, 6.07) is 9.71. The van der Waals surface area contributed by atoms with Crippen LogP contribution in [0.2, 0.25) is 0 Å². The number of carboxylic acids is 1. The molecular weight excluding hydrogens is 370 g/mol. The van der Waals surface area contributed by atoms with E-state index in [1.54, 1.807) is 6.07 Å². The van der Waals surface area contributed by atoms with Crippen molar-refractivity contribution in [3.8, 4) is 5.75 Å². The van der Waals surface area contributed by atoms with Crippen molar-refractivity contribution in [2.45, 2.75) is 27.2 Å². The van der Waals surface area contributed by atoms with Gasteiger partial charge in [0.15, 0.2) is 0 Å². The molecule has 2 rings (SSSR count). The molecule has 2 aromatic rings. The van der Waals surface area contributed by atoms with Crippen LogP contribution in [0, 0.1) is 20.8 Å². The molecule has 5 heteroatoms. The molecule has 0 radical (unpaired) electrons. The molecule has 2 N–H and O–H groups in total. The zero-order valence-electron chi connectivity index (χ0n) is 14.1. The third-order valence-corrected chi connectivity index (χ3v) is 4.18. The van der Waals surface area contributed by atoms with Crippen molar-refractivity contribution in [3.63, 3.8) is 0 Å². The number of rotatable bonds is 7. The van der Waals surface area contributed by atoms with Crippen LogP contribution >= 0.6 is 15.9 Å². The first-order chi connectivity index (χ1) is 11.4. The number of anilines is 1. The lowest BCUT2D eigenvalue weighted by Gasteiger charge is -2.13. The van der Waals surface area contributed by atoms with Gasteiger partial charge in [-0.2, -0.15) is 0 Å². The number of carbonyl (C=O) groups is 1. The smallest absolute Gasteiger partial charge is 0.337 e. The van der Waals surface area contributed by atoms with Crippen molar-refractivity contribution in [3.05, 3.63) is 57.1 Å². The molecule has 0 amide bonds. The second-order valence-corrected chi connectivity index (χ2v) is 6.78. The number of carboxylic acid groups (broad SMARTS) is 1. The Kier molecular flexibility index (Phi) is 6.26. The van der Waals surface area contributed by atoms with Crippen LogP contribution in [0.25, 0.3) is 0 Å². The fourth-order valence-electron chi connectivity index (χ4n) is 2.58. The van der Waals surface area contributed by atoms with Gasteiger partial charge in [-0.1, -0.05) is 6.07 Å². The summed E-state index contributed by atoms with van der Waals surface area (Å²) < 4.78 is 6.52. The molecule has 0 aliphatic heterocycles. The van der Waals surface area contributed by atoms with Gasteiger partial charge < -0.3 is 15.2 Å². The van der Waals surface area contributed by atoms with Crippen LogP contribution in [0.15, 0.2) is 34.8 Å². The average molecular weight is 392 g/mol. The largest absolute Gasteiger partial charge is 0.494 e. The summed E-state index contributed by atoms with van der Waals surface area (Å²) in [5.41, 5.74) is 4.15. The number of nitrogens with one attached hydrogen (secondary N) is 1. The standard InChI is InChI=1S/C19H22BrNO3/c1-12-7-13(2)9-15(8-12)24-6-4-5-21-18-16(19(22)23)10-14(3)11-17(18)20/h7-11,21H,4-6H2,1-3H3,(H,22,23). The lowest BCUT2D eigenvalue weighted by molar-refractivity contribution is 0.0697. The first-order valence-corrected chi connectivity index (χ1v) is 8.64. The minimum Gasteiger partial charge on any atom is -0.494 e. The van der Waals surface area contributed by atoms with Crippen LogP contribution in [-0.2, 0) is 0 Å². The van der Waals surface area contributed by atoms with Gasteiger partial charge in [-0.25, -0.2) is 4.79 Å². The van der Waals surface area contributed by atoms with Crippen LogP contribution in [0.3, 0.4) is 0 Å². The number of benzene rings is 2. The number of ether oxygens (including phenoxy) is 1. The van der Waals surface area contributed by atoms with Gasteiger partial charge in [-0.3, -0.25) is 0 Å². The van der Waals surface area contributed by atoms with Gasteiger partial charge >= 0.3 is 5.97 Å². The Balaban J connectivity index is 1.90. The Morgan fingerprint density at radius 1 is 1.08 bits per heavy atom. The highest BCUT2D eigenvalue weighted by Crippen LogP contribution is 2.28. The highest BCUT2D eigenvalue weighted by Gasteiger charge is 2.13. The Morgan fingerprint density at radius 3 is 2.33 bits per heavy atom. The molecule has 0 saturated carbocycles. The van der Waals surface area contributed by atoms with Crippen LogP contribution in [-0.4, -0.2) is 24.2 Å². The number of hydrogen-bond acceptors (Lipinski definition) is 3. The molecule has 0 aliphatic carbocycles. The van der Waals surface area contributed by atoms with Crippen molar-refractivity contribution in [1.29, 1.82) is 0 Å². The molecule has 128 valence electrons. The van der Waals surface area contributed by atoms with Gasteiger partial charge in [-0.05, 0) is 84.1 Å². The first-order valence-electron chi connectivity index (χ1n) is 7.85. The molecular formula is C19H22BrNO3. The summed E-state index contributed by atoms with van der Waals surface area (Å²) in [7, 11) is 0. The fourth-order valence-corrected chi connectivity index (χ4v) is 3.30. The number of hydrogen-bond donors (Lipinski definition) is 2. The molecule has 0 atom stereocenters. The molecule has 0 heterocycles. The minimum absolute atomic E-state index is 0.275. The van der Waals surface area contributed by atoms with E-state index in [1.807, 2.05) is 39.0 Å². The Labute approximate surface area is 151 Å². The zero-order chi connectivity index (χ0) is 17.7. The topological polar surface area (TPSA) is 58.6 Å². The van der Waals surface area contributed by atoms with E-state index in [2.05, 4.69) is 27.3 Å². The maximum atomic E-state index is 11.4. The van der Waals surface area contributed by atoms with Gasteiger partial charge in [0.1, 0.15) is 5.75 Å². The second kappa shape index (κ2) is 8.20. The van der Waals surface area contributed by atoms with Crippen LogP contribution in [0.4, 0.5) is 5.69 Å². The predicted octanol–water partition coefficient (Wildman–Crippen LogP) is 4.95. The summed E-state index contributed by atoms with van der Waals surface area (Å²) >= 11 is 3.43. The van der Waals surface area contributed by atoms with Crippen LogP contribution in [0.5, 0.6) is 5.75 Å². The third-order valence-electron chi connectivity index (χ3n) is 3.55. The monoisotopic (exact) mass is 391 g/mol. The van der Waals surface area contributed by atoms with E-state index in [0.29, 0.717) is 18.8 Å². The summed E-state index contributed by atoms with van der Waals surface area (Å²) in [4.78, 5) is 11.4. The van der Waals surface area contributed by atoms with Crippen molar-refractivity contribution in [2.75, 3.05) is 18.5 Å². The van der Waals surface area contributed by atoms with Gasteiger partial charge in [0.2, 0.25) is 0 Å². The van der Waals surface area contributed by atoms with Gasteiger partial charge in [0, 0.05) is 11.0 Å². The second-order valence-electron chi connectivity index (χ2n) is 5.93. The average Bonchev–Trinajstić information content (AvgIpc) is 2.47. The lowest BCUT2D eigenvalue weighted by atomic mass is 10.1. The Bertz CT molecular complexity index is 723. The van der Waals surface area contributed by atoms with E-state index in [1.165, 1.54) is 11.1 Å². The third kappa shape index (κ3) is 4.99. The molecule has 0 unspecified atom stereocenters. The zero-order valence-corrected chi connectivity index (χ0v) is 15.7. The normalized spacial score (nSPS) is 10.5. The van der Waals surface area contributed by atoms with Crippen molar-refractivity contribution in [2.24, 2.45) is 0 Å². The van der Waals surface area contributed by atoms with Crippen molar-refractivity contribution >= 4 is 27.6 Å². The van der Waals surface area contributed by atoms with E-state index in [9.17, 15) is 9.90 Å². The van der Waals surface area contributed by atoms with E-state index >= 15 is 0 Å². The highest BCUT2D eigenvalue weighted by atomic mass is 79.9. The molecule has 0 aliphatic rings. The van der Waals surface area contributed by atoms with E-state index in [0.717, 1.165) is 22.2 Å². The van der Waals surface area contributed by atoms with E-state index in [-0.39, 0.29) is 5.56 Å². The fraction of sp³-hybridized carbons (Fsp3) is 0.316. The molecule has 0 fully saturated rings. The van der Waals surface area contributed by atoms with Crippen molar-refractivity contribution < 1.29 is 14.6 Å². The van der Waals surface area contributed by atoms with Crippen LogP contribution < -0.4 is 10.1 Å². The predicted molar refractivity (Wildman–Crippen MR) is 100 cm³/mol. The molecule has 0 saturated heterocycles. The Hall–Kier alpha value is -2.01. The SMILES string of the molecule is Cc1cc(C)cc(OCCCNc2c(Br)cc(C)cc2C(=O)O)c1. The quantitative estimate of drug-likeness (QED) is 0.655. The van der Waals surface area contributed by atoms with Gasteiger partial charge in [-0.15, -0.1) is 0 Å². The van der Waals surface area contributed by atoms with Crippen molar-refractivity contribution in [1.82, 2.24) is 0 Å². The van der Waals surface area contributed by atoms with E-state index in [4.69, 9.17) is 4.74 Å². The lowest BCUT2D eigenvalue weighted by Crippen LogP contribution is -2.11. The van der Waals surface area contributed by atoms with Gasteiger partial charge in [0.25, 0.3) is 0 Å². The van der Waals surface area contributed by atoms with Gasteiger partial charge in [0.05, 0.1) is 17.9 Å². The first kappa shape index (κ1) is 18.3. The number of aryl methyl sites for hydroxylation is 3. The molecule has 24 heavy (non-hydrogen) atoms. The molecule has 0 aromatic heterocycles. The summed E-state index contributed by atoms with van der Waals surface area (Å²) in [5.74, 6) is -0.0661. The summed E-state index contributed by atoms with van der Waals surface area (Å²) in [6.07, 6.45) is 0.770. The minimum atomic E-state index is -0.937. The molecule has 2 aromatic carbocycles. The molecule has 0 spiro atoms.